The number of hydrogen-bond donors (Lipinski definition) is 3. The SMILES string of the molecule is CCO/N=C(/C(=O)NC1C(=O)N2C(C(=O)O)=C(CS/C=C\C#N)CSC12)c1nsc(N)n1. The number of nitrogens with zero attached hydrogens (tertiary/aromatic N) is 5. The summed E-state index contributed by atoms with van der Waals surface area (Å²) in [5, 5.41) is 25.6. The van der Waals surface area contributed by atoms with Crippen molar-refractivity contribution in [2.45, 2.75) is 18.3 Å². The van der Waals surface area contributed by atoms with Gasteiger partial charge in [0, 0.05) is 29.1 Å². The van der Waals surface area contributed by atoms with E-state index in [1.54, 1.807) is 12.3 Å². The van der Waals surface area contributed by atoms with Crippen LogP contribution in [-0.4, -0.2) is 72.4 Å². The molecule has 3 rings (SSSR count). The number of carboxylic acids is 1. The summed E-state index contributed by atoms with van der Waals surface area (Å²) >= 11 is 3.47. The Balaban J connectivity index is 1.76. The van der Waals surface area contributed by atoms with Crippen molar-refractivity contribution < 1.29 is 24.3 Å². The summed E-state index contributed by atoms with van der Waals surface area (Å²) in [7, 11) is 0. The molecule has 12 nitrogen and oxygen atoms in total. The topological polar surface area (TPSA) is 184 Å². The molecule has 0 bridgehead atoms. The monoisotopic (exact) mass is 495 g/mol. The molecule has 1 fully saturated rings. The van der Waals surface area contributed by atoms with Crippen LogP contribution >= 0.6 is 35.1 Å². The standard InChI is InChI=1S/C17H17N7O5S3/c1-2-29-22-9(12-21-17(19)32-23-12)13(25)20-10-14(26)24-11(16(27)28)8(7-31-15(10)24)6-30-5-3-4-18/h3,5,10,15H,2,6-7H2,1H3,(H,20,25)(H,27,28)(H2,19,21,23)/b5-3-,22-9+. The molecule has 4 N–H and O–H groups in total. The van der Waals surface area contributed by atoms with E-state index in [2.05, 4.69) is 19.8 Å². The number of aromatic nitrogens is 2. The number of β-lactam (4-membered cyclic amide) rings is 1. The van der Waals surface area contributed by atoms with Gasteiger partial charge in [0.1, 0.15) is 23.7 Å². The molecule has 2 unspecified atom stereocenters. The maximum Gasteiger partial charge on any atom is 0.352 e. The number of aliphatic carboxylic acids is 1. The van der Waals surface area contributed by atoms with Gasteiger partial charge in [-0.3, -0.25) is 14.5 Å². The number of thioether (sulfide) groups is 2. The maximum absolute atomic E-state index is 12.8. The van der Waals surface area contributed by atoms with Crippen LogP contribution in [0.3, 0.4) is 0 Å². The molecule has 2 amide bonds. The second kappa shape index (κ2) is 10.5. The van der Waals surface area contributed by atoms with Gasteiger partial charge in [0.25, 0.3) is 11.8 Å². The molecule has 32 heavy (non-hydrogen) atoms. The normalized spacial score (nSPS) is 20.6. The van der Waals surface area contributed by atoms with Gasteiger partial charge < -0.3 is 21.0 Å². The van der Waals surface area contributed by atoms with Gasteiger partial charge in [-0.1, -0.05) is 5.16 Å². The number of allylic oxidation sites excluding steroid dienone is 1. The number of anilines is 1. The van der Waals surface area contributed by atoms with Gasteiger partial charge in [-0.05, 0) is 17.9 Å². The zero-order valence-electron chi connectivity index (χ0n) is 16.5. The van der Waals surface area contributed by atoms with Crippen molar-refractivity contribution in [3.8, 4) is 6.07 Å². The van der Waals surface area contributed by atoms with E-state index < -0.39 is 29.2 Å². The first-order valence-electron chi connectivity index (χ1n) is 9.05. The van der Waals surface area contributed by atoms with Crippen molar-refractivity contribution in [1.82, 2.24) is 19.6 Å². The number of nitrogens with two attached hydrogens (primary N) is 1. The average molecular weight is 496 g/mol. The van der Waals surface area contributed by atoms with Gasteiger partial charge in [-0.15, -0.1) is 23.5 Å². The molecule has 168 valence electrons. The number of carboxylic acid groups (broad SMARTS) is 1. The van der Waals surface area contributed by atoms with Crippen LogP contribution in [0.4, 0.5) is 5.13 Å². The number of nitriles is 1. The molecular formula is C17H17N7O5S3. The molecule has 1 saturated heterocycles. The first-order chi connectivity index (χ1) is 15.4. The summed E-state index contributed by atoms with van der Waals surface area (Å²) in [6.07, 6.45) is 1.29. The van der Waals surface area contributed by atoms with E-state index in [9.17, 15) is 19.5 Å². The molecule has 0 radical (unpaired) electrons. The quantitative estimate of drug-likeness (QED) is 0.186. The third kappa shape index (κ3) is 4.87. The molecule has 0 saturated carbocycles. The van der Waals surface area contributed by atoms with Crippen LogP contribution in [0.2, 0.25) is 0 Å². The Morgan fingerprint density at radius 3 is 2.97 bits per heavy atom. The van der Waals surface area contributed by atoms with Gasteiger partial charge in [-0.25, -0.2) is 4.79 Å². The molecule has 0 spiro atoms. The summed E-state index contributed by atoms with van der Waals surface area (Å²) in [6, 6.07) is 0.908. The van der Waals surface area contributed by atoms with Crippen LogP contribution in [0.1, 0.15) is 12.7 Å². The van der Waals surface area contributed by atoms with Crippen molar-refractivity contribution >= 4 is 63.7 Å². The Morgan fingerprint density at radius 2 is 2.34 bits per heavy atom. The number of carbonyl (C=O) groups is 3. The zero-order valence-corrected chi connectivity index (χ0v) is 19.0. The average Bonchev–Trinajstić information content (AvgIpc) is 3.20. The summed E-state index contributed by atoms with van der Waals surface area (Å²) in [5.41, 5.74) is 5.80. The first-order valence-corrected chi connectivity index (χ1v) is 11.9. The molecule has 2 atom stereocenters. The van der Waals surface area contributed by atoms with Crippen molar-refractivity contribution in [3.05, 3.63) is 28.6 Å². The second-order valence-electron chi connectivity index (χ2n) is 6.17. The molecular weight excluding hydrogens is 478 g/mol. The third-order valence-corrected chi connectivity index (χ3v) is 6.91. The molecule has 2 aliphatic rings. The lowest BCUT2D eigenvalue weighted by molar-refractivity contribution is -0.150. The molecule has 0 aliphatic carbocycles. The number of nitrogen functional groups attached to an aromatic ring is 1. The van der Waals surface area contributed by atoms with Crippen molar-refractivity contribution in [3.63, 3.8) is 0 Å². The third-order valence-electron chi connectivity index (χ3n) is 4.19. The Labute approximate surface area is 194 Å². The first kappa shape index (κ1) is 23.6. The maximum atomic E-state index is 12.8. The number of nitrogens with one attached hydrogen (secondary N) is 1. The fraction of sp³-hybridized carbons (Fsp3) is 0.353. The van der Waals surface area contributed by atoms with Crippen LogP contribution in [-0.2, 0) is 19.2 Å². The lowest BCUT2D eigenvalue weighted by Crippen LogP contribution is -2.71. The molecule has 3 heterocycles. The predicted molar refractivity (Wildman–Crippen MR) is 119 cm³/mol. The minimum Gasteiger partial charge on any atom is -0.477 e. The summed E-state index contributed by atoms with van der Waals surface area (Å²) in [5.74, 6) is -1.87. The lowest BCUT2D eigenvalue weighted by atomic mass is 10.0. The Kier molecular flexibility index (Phi) is 7.72. The van der Waals surface area contributed by atoms with Crippen LogP contribution in [0.15, 0.2) is 27.9 Å². The number of rotatable bonds is 9. The highest BCUT2D eigenvalue weighted by Crippen LogP contribution is 2.41. The number of oxime groups is 1. The smallest absolute Gasteiger partial charge is 0.352 e. The highest BCUT2D eigenvalue weighted by Gasteiger charge is 2.54. The highest BCUT2D eigenvalue weighted by atomic mass is 32.2. The fourth-order valence-corrected chi connectivity index (χ4v) is 5.48. The van der Waals surface area contributed by atoms with Crippen molar-refractivity contribution in [2.24, 2.45) is 5.16 Å². The number of fused-ring (bicyclic) bond motifs is 1. The number of amides is 2. The molecule has 2 aliphatic heterocycles. The van der Waals surface area contributed by atoms with E-state index in [0.717, 1.165) is 11.5 Å². The van der Waals surface area contributed by atoms with E-state index in [0.29, 0.717) is 17.1 Å². The van der Waals surface area contributed by atoms with Crippen LogP contribution in [0.25, 0.3) is 0 Å². The van der Waals surface area contributed by atoms with E-state index in [4.69, 9.17) is 15.8 Å². The van der Waals surface area contributed by atoms with E-state index in [-0.39, 0.29) is 29.0 Å². The minimum absolute atomic E-state index is 0.0331. The fourth-order valence-electron chi connectivity index (χ4n) is 2.88. The summed E-state index contributed by atoms with van der Waals surface area (Å²) in [4.78, 5) is 47.4. The van der Waals surface area contributed by atoms with Gasteiger partial charge in [0.2, 0.25) is 11.5 Å². The zero-order chi connectivity index (χ0) is 23.3. The van der Waals surface area contributed by atoms with Crippen molar-refractivity contribution in [1.29, 1.82) is 5.26 Å². The summed E-state index contributed by atoms with van der Waals surface area (Å²) < 4.78 is 3.95. The molecule has 1 aromatic rings. The van der Waals surface area contributed by atoms with E-state index in [1.807, 2.05) is 6.07 Å². The molecule has 1 aromatic heterocycles. The van der Waals surface area contributed by atoms with Crippen LogP contribution in [0.5, 0.6) is 0 Å². The van der Waals surface area contributed by atoms with Gasteiger partial charge in [0.15, 0.2) is 5.13 Å². The van der Waals surface area contributed by atoms with Crippen LogP contribution in [0, 0.1) is 11.3 Å². The highest BCUT2D eigenvalue weighted by molar-refractivity contribution is 8.02. The lowest BCUT2D eigenvalue weighted by Gasteiger charge is -2.49. The second-order valence-corrected chi connectivity index (χ2v) is 8.96. The van der Waals surface area contributed by atoms with E-state index >= 15 is 0 Å². The van der Waals surface area contributed by atoms with Crippen molar-refractivity contribution in [2.75, 3.05) is 23.8 Å². The Bertz CT molecular complexity index is 1060. The summed E-state index contributed by atoms with van der Waals surface area (Å²) in [6.45, 7) is 1.88. The van der Waals surface area contributed by atoms with Gasteiger partial charge in [0.05, 0.1) is 6.07 Å². The molecule has 15 heteroatoms. The van der Waals surface area contributed by atoms with Gasteiger partial charge >= 0.3 is 5.97 Å². The Hall–Kier alpha value is -3.09. The number of hydrogen-bond acceptors (Lipinski definition) is 12. The molecule has 0 aromatic carbocycles. The van der Waals surface area contributed by atoms with Crippen LogP contribution < -0.4 is 11.1 Å². The van der Waals surface area contributed by atoms with E-state index in [1.165, 1.54) is 34.5 Å². The van der Waals surface area contributed by atoms with Gasteiger partial charge in [-0.2, -0.15) is 14.6 Å². The largest absolute Gasteiger partial charge is 0.477 e. The predicted octanol–water partition coefficient (Wildman–Crippen LogP) is 0.370. The number of carbonyl (C=O) groups excluding carboxylic acids is 2. The Morgan fingerprint density at radius 1 is 1.56 bits per heavy atom. The minimum atomic E-state index is -1.23.